The molecule has 0 saturated carbocycles. The van der Waals surface area contributed by atoms with Crippen molar-refractivity contribution >= 4 is 11.7 Å². The number of carbonyl (C=O) groups excluding carboxylic acids is 1. The molecule has 1 aromatic heterocycles. The Morgan fingerprint density at radius 3 is 2.28 bits per heavy atom. The van der Waals surface area contributed by atoms with Gasteiger partial charge in [-0.3, -0.25) is 4.79 Å². The van der Waals surface area contributed by atoms with E-state index in [-0.39, 0.29) is 5.91 Å². The Balaban J connectivity index is 1.93. The molecule has 0 aliphatic carbocycles. The molecule has 1 aromatic carbocycles. The number of aromatic nitrogens is 2. The number of anilines is 1. The van der Waals surface area contributed by atoms with Crippen molar-refractivity contribution in [1.82, 2.24) is 14.9 Å². The maximum absolute atomic E-state index is 12.1. The molecule has 3 rings (SSSR count). The van der Waals surface area contributed by atoms with Crippen LogP contribution in [0.2, 0.25) is 0 Å². The van der Waals surface area contributed by atoms with Gasteiger partial charge < -0.3 is 9.80 Å². The van der Waals surface area contributed by atoms with Crippen LogP contribution in [0.1, 0.15) is 67.7 Å². The third kappa shape index (κ3) is 4.95. The number of piperazine rings is 1. The average Bonchev–Trinajstić information content (AvgIpc) is 2.75. The van der Waals surface area contributed by atoms with Crippen LogP contribution in [0.4, 0.5) is 5.82 Å². The van der Waals surface area contributed by atoms with Crippen LogP contribution in [0.25, 0.3) is 0 Å². The van der Waals surface area contributed by atoms with Gasteiger partial charge in [0.2, 0.25) is 5.91 Å². The van der Waals surface area contributed by atoms with Crippen molar-refractivity contribution < 1.29 is 4.79 Å². The standard InChI is InChI=1S/C24H34N4O/c1-6-18(4)23-25-19(5)21(16-20-10-8-17(3)9-11-20)24(26-23)28-14-12-27(13-15-28)22(29)7-2/h8-11,18H,6-7,12-16H2,1-5H3/t18-/m0/s1. The smallest absolute Gasteiger partial charge is 0.222 e. The summed E-state index contributed by atoms with van der Waals surface area (Å²) in [5, 5.41) is 0. The van der Waals surface area contributed by atoms with E-state index in [1.54, 1.807) is 0 Å². The van der Waals surface area contributed by atoms with Gasteiger partial charge in [-0.15, -0.1) is 0 Å². The van der Waals surface area contributed by atoms with E-state index in [0.717, 1.165) is 56.4 Å². The minimum atomic E-state index is 0.240. The summed E-state index contributed by atoms with van der Waals surface area (Å²) in [7, 11) is 0. The Bertz CT molecular complexity index is 839. The molecular weight excluding hydrogens is 360 g/mol. The molecule has 1 aliphatic rings. The summed E-state index contributed by atoms with van der Waals surface area (Å²) >= 11 is 0. The van der Waals surface area contributed by atoms with Crippen molar-refractivity contribution in [2.75, 3.05) is 31.1 Å². The van der Waals surface area contributed by atoms with Crippen LogP contribution in [-0.2, 0) is 11.2 Å². The van der Waals surface area contributed by atoms with E-state index in [2.05, 4.69) is 56.9 Å². The second kappa shape index (κ2) is 9.38. The predicted octanol–water partition coefficient (Wildman–Crippen LogP) is 4.26. The van der Waals surface area contributed by atoms with Crippen LogP contribution < -0.4 is 4.90 Å². The summed E-state index contributed by atoms with van der Waals surface area (Å²) in [5.74, 6) is 2.56. The summed E-state index contributed by atoms with van der Waals surface area (Å²) in [6.07, 6.45) is 2.43. The Hall–Kier alpha value is -2.43. The Kier molecular flexibility index (Phi) is 6.88. The van der Waals surface area contributed by atoms with Gasteiger partial charge in [-0.25, -0.2) is 9.97 Å². The lowest BCUT2D eigenvalue weighted by Crippen LogP contribution is -2.49. The van der Waals surface area contributed by atoms with Gasteiger partial charge in [0.15, 0.2) is 0 Å². The number of carbonyl (C=O) groups is 1. The lowest BCUT2D eigenvalue weighted by atomic mass is 10.0. The largest absolute Gasteiger partial charge is 0.353 e. The zero-order valence-corrected chi connectivity index (χ0v) is 18.5. The Morgan fingerprint density at radius 1 is 1.03 bits per heavy atom. The average molecular weight is 395 g/mol. The highest BCUT2D eigenvalue weighted by molar-refractivity contribution is 5.76. The lowest BCUT2D eigenvalue weighted by Gasteiger charge is -2.36. The molecule has 1 amide bonds. The molecule has 0 bridgehead atoms. The first-order valence-electron chi connectivity index (χ1n) is 10.9. The first kappa shape index (κ1) is 21.3. The number of rotatable bonds is 6. The molecule has 2 aromatic rings. The first-order valence-corrected chi connectivity index (χ1v) is 10.9. The van der Waals surface area contributed by atoms with Crippen LogP contribution in [0.3, 0.4) is 0 Å². The summed E-state index contributed by atoms with van der Waals surface area (Å²) in [5.41, 5.74) is 4.82. The number of hydrogen-bond acceptors (Lipinski definition) is 4. The molecule has 0 unspecified atom stereocenters. The number of benzene rings is 1. The summed E-state index contributed by atoms with van der Waals surface area (Å²) in [6, 6.07) is 8.71. The normalized spacial score (nSPS) is 15.5. The molecule has 5 heteroatoms. The van der Waals surface area contributed by atoms with Crippen molar-refractivity contribution in [3.8, 4) is 0 Å². The van der Waals surface area contributed by atoms with Crippen LogP contribution in [0.15, 0.2) is 24.3 Å². The molecular formula is C24H34N4O. The molecule has 2 heterocycles. The van der Waals surface area contributed by atoms with Crippen LogP contribution in [-0.4, -0.2) is 47.0 Å². The van der Waals surface area contributed by atoms with E-state index >= 15 is 0 Å². The maximum Gasteiger partial charge on any atom is 0.222 e. The highest BCUT2D eigenvalue weighted by Gasteiger charge is 2.25. The van der Waals surface area contributed by atoms with Crippen molar-refractivity contribution in [3.05, 3.63) is 52.5 Å². The van der Waals surface area contributed by atoms with E-state index in [1.807, 2.05) is 11.8 Å². The highest BCUT2D eigenvalue weighted by Crippen LogP contribution is 2.28. The fourth-order valence-electron chi connectivity index (χ4n) is 3.77. The molecule has 1 fully saturated rings. The van der Waals surface area contributed by atoms with Gasteiger partial charge >= 0.3 is 0 Å². The third-order valence-electron chi connectivity index (χ3n) is 6.00. The zero-order valence-electron chi connectivity index (χ0n) is 18.5. The SMILES string of the molecule is CCC(=O)N1CCN(c2nc([C@@H](C)CC)nc(C)c2Cc2ccc(C)cc2)CC1. The molecule has 29 heavy (non-hydrogen) atoms. The lowest BCUT2D eigenvalue weighted by molar-refractivity contribution is -0.131. The van der Waals surface area contributed by atoms with Gasteiger partial charge in [0, 0.05) is 56.2 Å². The fourth-order valence-corrected chi connectivity index (χ4v) is 3.77. The number of amides is 1. The molecule has 0 radical (unpaired) electrons. The number of hydrogen-bond donors (Lipinski definition) is 0. The minimum Gasteiger partial charge on any atom is -0.353 e. The van der Waals surface area contributed by atoms with Gasteiger partial charge in [0.05, 0.1) is 0 Å². The van der Waals surface area contributed by atoms with Crippen molar-refractivity contribution in [2.24, 2.45) is 0 Å². The van der Waals surface area contributed by atoms with E-state index in [4.69, 9.17) is 9.97 Å². The minimum absolute atomic E-state index is 0.240. The van der Waals surface area contributed by atoms with Crippen LogP contribution >= 0.6 is 0 Å². The van der Waals surface area contributed by atoms with Crippen LogP contribution in [0, 0.1) is 13.8 Å². The van der Waals surface area contributed by atoms with Crippen LogP contribution in [0.5, 0.6) is 0 Å². The maximum atomic E-state index is 12.1. The second-order valence-corrected chi connectivity index (χ2v) is 8.16. The Labute approximate surface area is 175 Å². The van der Waals surface area contributed by atoms with E-state index < -0.39 is 0 Å². The number of nitrogens with zero attached hydrogens (tertiary/aromatic N) is 4. The van der Waals surface area contributed by atoms with Gasteiger partial charge in [0.25, 0.3) is 0 Å². The first-order chi connectivity index (χ1) is 13.9. The van der Waals surface area contributed by atoms with Gasteiger partial charge in [-0.05, 0) is 25.8 Å². The summed E-state index contributed by atoms with van der Waals surface area (Å²) < 4.78 is 0. The molecule has 5 nitrogen and oxygen atoms in total. The molecule has 1 aliphatic heterocycles. The summed E-state index contributed by atoms with van der Waals surface area (Å²) in [4.78, 5) is 26.3. The van der Waals surface area contributed by atoms with Gasteiger partial charge in [-0.1, -0.05) is 50.6 Å². The predicted molar refractivity (Wildman–Crippen MR) is 119 cm³/mol. The summed E-state index contributed by atoms with van der Waals surface area (Å²) in [6.45, 7) is 13.7. The van der Waals surface area contributed by atoms with E-state index in [1.165, 1.54) is 16.7 Å². The van der Waals surface area contributed by atoms with Gasteiger partial charge in [0.1, 0.15) is 11.6 Å². The molecule has 1 atom stereocenters. The second-order valence-electron chi connectivity index (χ2n) is 8.16. The highest BCUT2D eigenvalue weighted by atomic mass is 16.2. The van der Waals surface area contributed by atoms with Crippen molar-refractivity contribution in [1.29, 1.82) is 0 Å². The molecule has 0 N–H and O–H groups in total. The van der Waals surface area contributed by atoms with E-state index in [0.29, 0.717) is 12.3 Å². The van der Waals surface area contributed by atoms with Crippen molar-refractivity contribution in [3.63, 3.8) is 0 Å². The Morgan fingerprint density at radius 2 is 1.69 bits per heavy atom. The molecule has 1 saturated heterocycles. The quantitative estimate of drug-likeness (QED) is 0.735. The monoisotopic (exact) mass is 394 g/mol. The fraction of sp³-hybridized carbons (Fsp3) is 0.542. The third-order valence-corrected chi connectivity index (χ3v) is 6.00. The number of aryl methyl sites for hydroxylation is 2. The molecule has 0 spiro atoms. The van der Waals surface area contributed by atoms with Crippen molar-refractivity contribution in [2.45, 2.75) is 59.8 Å². The topological polar surface area (TPSA) is 49.3 Å². The molecule has 156 valence electrons. The zero-order chi connectivity index (χ0) is 21.0. The van der Waals surface area contributed by atoms with Gasteiger partial charge in [-0.2, -0.15) is 0 Å². The van der Waals surface area contributed by atoms with E-state index in [9.17, 15) is 4.79 Å².